The van der Waals surface area contributed by atoms with Crippen molar-refractivity contribution in [3.8, 4) is 0 Å². The molecular formula is C15H27NO4. The van der Waals surface area contributed by atoms with Gasteiger partial charge in [-0.2, -0.15) is 0 Å². The van der Waals surface area contributed by atoms with E-state index in [9.17, 15) is 19.8 Å². The average Bonchev–Trinajstić information content (AvgIpc) is 2.10. The molecule has 116 valence electrons. The molecule has 0 spiro atoms. The Hall–Kier alpha value is -1.52. The highest BCUT2D eigenvalue weighted by Crippen LogP contribution is 2.50. The zero-order valence-electron chi connectivity index (χ0n) is 13.7. The second-order valence-corrected chi connectivity index (χ2v) is 7.39. The van der Waals surface area contributed by atoms with Crippen molar-refractivity contribution >= 4 is 12.2 Å². The summed E-state index contributed by atoms with van der Waals surface area (Å²) in [5.74, 6) is 0. The van der Waals surface area contributed by atoms with Crippen molar-refractivity contribution in [3.05, 3.63) is 11.6 Å². The van der Waals surface area contributed by atoms with Gasteiger partial charge in [-0.3, -0.25) is 0 Å². The molecule has 0 bridgehead atoms. The van der Waals surface area contributed by atoms with Crippen LogP contribution in [-0.2, 0) is 0 Å². The van der Waals surface area contributed by atoms with Crippen LogP contribution >= 0.6 is 0 Å². The van der Waals surface area contributed by atoms with Crippen LogP contribution in [0.1, 0.15) is 55.4 Å². The van der Waals surface area contributed by atoms with E-state index in [1.807, 2.05) is 55.4 Å². The third-order valence-electron chi connectivity index (χ3n) is 3.52. The Bertz CT molecular complexity index is 392. The molecule has 5 nitrogen and oxygen atoms in total. The Morgan fingerprint density at radius 2 is 1.15 bits per heavy atom. The number of amides is 2. The molecule has 0 aromatic rings. The third-order valence-corrected chi connectivity index (χ3v) is 3.52. The van der Waals surface area contributed by atoms with E-state index in [0.29, 0.717) is 4.90 Å². The zero-order valence-corrected chi connectivity index (χ0v) is 13.7. The molecule has 5 heteroatoms. The number of nitrogens with zero attached hydrogens (tertiary/aromatic N) is 1. The molecule has 0 aromatic carbocycles. The smallest absolute Gasteiger partial charge is 0.417 e. The van der Waals surface area contributed by atoms with Gasteiger partial charge < -0.3 is 10.2 Å². The molecule has 0 rings (SSSR count). The van der Waals surface area contributed by atoms with E-state index in [4.69, 9.17) is 0 Å². The summed E-state index contributed by atoms with van der Waals surface area (Å²) < 4.78 is 0. The Kier molecular flexibility index (Phi) is 5.05. The molecule has 20 heavy (non-hydrogen) atoms. The number of hydrogen-bond acceptors (Lipinski definition) is 2. The number of imide groups is 1. The molecule has 0 aliphatic rings. The fraction of sp³-hybridized carbons (Fsp3) is 0.733. The van der Waals surface area contributed by atoms with Crippen molar-refractivity contribution in [2.45, 2.75) is 60.9 Å². The maximum Gasteiger partial charge on any atom is 0.417 e. The van der Waals surface area contributed by atoms with Gasteiger partial charge in [-0.05, 0) is 24.7 Å². The molecule has 0 unspecified atom stereocenters. The first-order chi connectivity index (χ1) is 8.68. The molecule has 0 aliphatic carbocycles. The SMILES string of the molecule is CC(C)=CC(N(C(=O)O)C(=O)O)(C(C)(C)C)C(C)(C)C. The van der Waals surface area contributed by atoms with E-state index in [-0.39, 0.29) is 0 Å². The molecule has 0 saturated carbocycles. The lowest BCUT2D eigenvalue weighted by molar-refractivity contribution is -0.0271. The number of carbonyl (C=O) groups is 2. The van der Waals surface area contributed by atoms with Gasteiger partial charge in [0.1, 0.15) is 0 Å². The summed E-state index contributed by atoms with van der Waals surface area (Å²) in [6.07, 6.45) is -1.16. The van der Waals surface area contributed by atoms with Gasteiger partial charge in [-0.25, -0.2) is 14.5 Å². The maximum absolute atomic E-state index is 11.6. The monoisotopic (exact) mass is 285 g/mol. The van der Waals surface area contributed by atoms with Gasteiger partial charge in [-0.1, -0.05) is 53.2 Å². The van der Waals surface area contributed by atoms with Crippen LogP contribution in [0.3, 0.4) is 0 Å². The quantitative estimate of drug-likeness (QED) is 0.735. The third kappa shape index (κ3) is 3.14. The van der Waals surface area contributed by atoms with Crippen molar-refractivity contribution in [1.82, 2.24) is 4.90 Å². The Morgan fingerprint density at radius 3 is 1.30 bits per heavy atom. The van der Waals surface area contributed by atoms with Gasteiger partial charge in [0.2, 0.25) is 0 Å². The lowest BCUT2D eigenvalue weighted by Gasteiger charge is -2.55. The molecular weight excluding hydrogens is 258 g/mol. The molecule has 2 N–H and O–H groups in total. The summed E-state index contributed by atoms with van der Waals surface area (Å²) in [5.41, 5.74) is -1.49. The summed E-state index contributed by atoms with van der Waals surface area (Å²) in [6, 6.07) is 0. The Morgan fingerprint density at radius 1 is 0.850 bits per heavy atom. The summed E-state index contributed by atoms with van der Waals surface area (Å²) in [4.78, 5) is 23.7. The number of carboxylic acid groups (broad SMARTS) is 2. The van der Waals surface area contributed by atoms with Crippen LogP contribution < -0.4 is 0 Å². The van der Waals surface area contributed by atoms with Gasteiger partial charge >= 0.3 is 12.2 Å². The van der Waals surface area contributed by atoms with Crippen molar-refractivity contribution in [1.29, 1.82) is 0 Å². The van der Waals surface area contributed by atoms with Gasteiger partial charge in [0.25, 0.3) is 0 Å². The zero-order chi connectivity index (χ0) is 16.5. The Balaban J connectivity index is 6.66. The molecule has 0 atom stereocenters. The van der Waals surface area contributed by atoms with Gasteiger partial charge in [0.05, 0.1) is 5.54 Å². The first kappa shape index (κ1) is 18.5. The molecule has 0 aromatic heterocycles. The standard InChI is InChI=1S/C15H27NO4/c1-10(2)9-15(13(3,4)5,14(6,7)8)16(11(17)18)12(19)20/h9H,1-8H3,(H,17,18)(H,19,20). The second-order valence-electron chi connectivity index (χ2n) is 7.39. The summed E-state index contributed by atoms with van der Waals surface area (Å²) in [6.45, 7) is 14.8. The summed E-state index contributed by atoms with van der Waals surface area (Å²) in [7, 11) is 0. The fourth-order valence-corrected chi connectivity index (χ4v) is 3.09. The van der Waals surface area contributed by atoms with Crippen LogP contribution in [0.4, 0.5) is 9.59 Å². The average molecular weight is 285 g/mol. The van der Waals surface area contributed by atoms with Crippen molar-refractivity contribution in [2.24, 2.45) is 10.8 Å². The fourth-order valence-electron chi connectivity index (χ4n) is 3.09. The number of rotatable bonds is 2. The number of hydrogen-bond donors (Lipinski definition) is 2. The van der Waals surface area contributed by atoms with Crippen molar-refractivity contribution in [2.75, 3.05) is 0 Å². The molecule has 0 radical (unpaired) electrons. The topological polar surface area (TPSA) is 77.8 Å². The lowest BCUT2D eigenvalue weighted by Crippen LogP contribution is -2.66. The lowest BCUT2D eigenvalue weighted by atomic mass is 9.58. The highest BCUT2D eigenvalue weighted by atomic mass is 16.4. The molecule has 2 amide bonds. The number of allylic oxidation sites excluding steroid dienone is 1. The van der Waals surface area contributed by atoms with Crippen LogP contribution in [0.25, 0.3) is 0 Å². The van der Waals surface area contributed by atoms with Crippen LogP contribution in [0.2, 0.25) is 0 Å². The first-order valence-electron chi connectivity index (χ1n) is 6.60. The predicted octanol–water partition coefficient (Wildman–Crippen LogP) is 4.44. The van der Waals surface area contributed by atoms with E-state index in [1.54, 1.807) is 6.08 Å². The minimum absolute atomic E-state index is 0.542. The molecule has 0 heterocycles. The van der Waals surface area contributed by atoms with E-state index in [2.05, 4.69) is 0 Å². The van der Waals surface area contributed by atoms with Crippen LogP contribution in [0.5, 0.6) is 0 Å². The van der Waals surface area contributed by atoms with Crippen LogP contribution in [0, 0.1) is 10.8 Å². The first-order valence-corrected chi connectivity index (χ1v) is 6.60. The molecule has 0 fully saturated rings. The molecule has 0 saturated heterocycles. The van der Waals surface area contributed by atoms with E-state index in [1.165, 1.54) is 0 Å². The van der Waals surface area contributed by atoms with E-state index in [0.717, 1.165) is 5.57 Å². The predicted molar refractivity (Wildman–Crippen MR) is 79.0 cm³/mol. The second kappa shape index (κ2) is 5.46. The normalized spacial score (nSPS) is 12.8. The Labute approximate surface area is 121 Å². The largest absolute Gasteiger partial charge is 0.464 e. The van der Waals surface area contributed by atoms with Gasteiger partial charge in [0.15, 0.2) is 0 Å². The van der Waals surface area contributed by atoms with Crippen LogP contribution in [-0.4, -0.2) is 32.8 Å². The minimum atomic E-state index is -1.46. The summed E-state index contributed by atoms with van der Waals surface area (Å²) in [5, 5.41) is 18.9. The van der Waals surface area contributed by atoms with Gasteiger partial charge in [-0.15, -0.1) is 0 Å². The van der Waals surface area contributed by atoms with E-state index >= 15 is 0 Å². The van der Waals surface area contributed by atoms with Crippen molar-refractivity contribution in [3.63, 3.8) is 0 Å². The summed E-state index contributed by atoms with van der Waals surface area (Å²) >= 11 is 0. The van der Waals surface area contributed by atoms with E-state index < -0.39 is 28.6 Å². The van der Waals surface area contributed by atoms with Crippen LogP contribution in [0.15, 0.2) is 11.6 Å². The molecule has 0 aliphatic heterocycles. The van der Waals surface area contributed by atoms with Gasteiger partial charge in [0, 0.05) is 0 Å². The highest BCUT2D eigenvalue weighted by Gasteiger charge is 2.57. The minimum Gasteiger partial charge on any atom is -0.464 e. The highest BCUT2D eigenvalue weighted by molar-refractivity contribution is 5.87. The van der Waals surface area contributed by atoms with Crippen molar-refractivity contribution < 1.29 is 19.8 Å². The maximum atomic E-state index is 11.6.